The van der Waals surface area contributed by atoms with E-state index in [2.05, 4.69) is 12.2 Å². The molecule has 0 aromatic heterocycles. The van der Waals surface area contributed by atoms with Gasteiger partial charge in [0.15, 0.2) is 0 Å². The van der Waals surface area contributed by atoms with Gasteiger partial charge in [0.2, 0.25) is 5.91 Å². The van der Waals surface area contributed by atoms with E-state index in [0.29, 0.717) is 18.9 Å². The highest BCUT2D eigenvalue weighted by molar-refractivity contribution is 5.77. The first-order valence-corrected chi connectivity index (χ1v) is 6.15. The lowest BCUT2D eigenvalue weighted by Crippen LogP contribution is -2.50. The third-order valence-corrected chi connectivity index (χ3v) is 3.33. The first kappa shape index (κ1) is 11.6. The summed E-state index contributed by atoms with van der Waals surface area (Å²) in [5.41, 5.74) is -0.181. The second-order valence-corrected chi connectivity index (χ2v) is 5.39. The third kappa shape index (κ3) is 2.85. The molecule has 0 spiro atoms. The number of ether oxygens (including phenoxy) is 1. The summed E-state index contributed by atoms with van der Waals surface area (Å²) in [4.78, 5) is 14.0. The van der Waals surface area contributed by atoms with Crippen molar-refractivity contribution in [3.8, 4) is 0 Å². The summed E-state index contributed by atoms with van der Waals surface area (Å²) in [5.74, 6) is 0.756. The van der Waals surface area contributed by atoms with Crippen molar-refractivity contribution in [1.82, 2.24) is 4.90 Å². The molecule has 0 aromatic carbocycles. The summed E-state index contributed by atoms with van der Waals surface area (Å²) < 4.78 is 5.61. The lowest BCUT2D eigenvalue weighted by atomic mass is 10.0. The van der Waals surface area contributed by atoms with E-state index in [0.717, 1.165) is 25.9 Å². The molecule has 3 heteroatoms. The normalized spacial score (nSPS) is 28.4. The van der Waals surface area contributed by atoms with Gasteiger partial charge in [0, 0.05) is 19.5 Å². The number of carbonyl (C=O) groups is 1. The van der Waals surface area contributed by atoms with Crippen LogP contribution in [0, 0.1) is 5.92 Å². The zero-order chi connectivity index (χ0) is 11.6. The average molecular weight is 223 g/mol. The van der Waals surface area contributed by atoms with Crippen LogP contribution < -0.4 is 0 Å². The van der Waals surface area contributed by atoms with Gasteiger partial charge in [-0.3, -0.25) is 4.79 Å². The van der Waals surface area contributed by atoms with Crippen LogP contribution in [0.25, 0.3) is 0 Å². The number of carbonyl (C=O) groups excluding carboxylic acids is 1. The molecule has 1 amide bonds. The van der Waals surface area contributed by atoms with Gasteiger partial charge in [-0.25, -0.2) is 0 Å². The van der Waals surface area contributed by atoms with Crippen LogP contribution in [0.4, 0.5) is 0 Å². The Morgan fingerprint density at radius 1 is 1.56 bits per heavy atom. The van der Waals surface area contributed by atoms with Crippen molar-refractivity contribution < 1.29 is 9.53 Å². The quantitative estimate of drug-likeness (QED) is 0.670. The molecule has 0 saturated carbocycles. The predicted octanol–water partition coefficient (Wildman–Crippen LogP) is 1.98. The van der Waals surface area contributed by atoms with Crippen molar-refractivity contribution in [2.24, 2.45) is 5.92 Å². The highest BCUT2D eigenvalue weighted by Gasteiger charge is 2.30. The number of rotatable bonds is 2. The molecular formula is C13H21NO2. The van der Waals surface area contributed by atoms with Gasteiger partial charge in [0.25, 0.3) is 0 Å². The Bertz CT molecular complexity index is 296. The molecule has 2 aliphatic rings. The average Bonchev–Trinajstić information content (AvgIpc) is 2.69. The highest BCUT2D eigenvalue weighted by atomic mass is 16.5. The molecule has 1 aliphatic carbocycles. The van der Waals surface area contributed by atoms with E-state index in [4.69, 9.17) is 4.74 Å². The molecule has 0 N–H and O–H groups in total. The zero-order valence-corrected chi connectivity index (χ0v) is 10.2. The number of nitrogens with zero attached hydrogens (tertiary/aromatic N) is 1. The molecule has 1 saturated heterocycles. The standard InChI is InChI=1S/C13H21NO2/c1-13(2)10-14(7-8-16-13)12(15)9-11-5-3-4-6-11/h3,5,11H,4,6-10H2,1-2H3. The van der Waals surface area contributed by atoms with Gasteiger partial charge in [-0.1, -0.05) is 12.2 Å². The molecule has 1 atom stereocenters. The molecule has 1 fully saturated rings. The molecule has 1 unspecified atom stereocenters. The van der Waals surface area contributed by atoms with E-state index in [1.165, 1.54) is 0 Å². The SMILES string of the molecule is CC1(C)CN(C(=O)CC2C=CCC2)CCO1. The minimum Gasteiger partial charge on any atom is -0.372 e. The maximum atomic E-state index is 12.1. The van der Waals surface area contributed by atoms with Crippen molar-refractivity contribution in [3.05, 3.63) is 12.2 Å². The van der Waals surface area contributed by atoms with Crippen molar-refractivity contribution in [2.45, 2.75) is 38.7 Å². The van der Waals surface area contributed by atoms with Crippen LogP contribution in [0.1, 0.15) is 33.1 Å². The van der Waals surface area contributed by atoms with Crippen LogP contribution in [0.3, 0.4) is 0 Å². The predicted molar refractivity (Wildman–Crippen MR) is 63.1 cm³/mol. The maximum Gasteiger partial charge on any atom is 0.223 e. The smallest absolute Gasteiger partial charge is 0.223 e. The molecular weight excluding hydrogens is 202 g/mol. The molecule has 0 bridgehead atoms. The summed E-state index contributed by atoms with van der Waals surface area (Å²) in [6, 6.07) is 0. The van der Waals surface area contributed by atoms with E-state index >= 15 is 0 Å². The first-order chi connectivity index (χ1) is 7.57. The number of amides is 1. The van der Waals surface area contributed by atoms with E-state index < -0.39 is 0 Å². The third-order valence-electron chi connectivity index (χ3n) is 3.33. The largest absolute Gasteiger partial charge is 0.372 e. The molecule has 1 heterocycles. The fraction of sp³-hybridized carbons (Fsp3) is 0.769. The van der Waals surface area contributed by atoms with E-state index in [-0.39, 0.29) is 11.5 Å². The van der Waals surface area contributed by atoms with E-state index in [9.17, 15) is 4.79 Å². The number of hydrogen-bond acceptors (Lipinski definition) is 2. The van der Waals surface area contributed by atoms with Crippen LogP contribution in [-0.2, 0) is 9.53 Å². The van der Waals surface area contributed by atoms with Gasteiger partial charge in [-0.2, -0.15) is 0 Å². The van der Waals surface area contributed by atoms with Gasteiger partial charge in [0.05, 0.1) is 12.2 Å². The van der Waals surface area contributed by atoms with E-state index in [1.54, 1.807) is 0 Å². The highest BCUT2D eigenvalue weighted by Crippen LogP contribution is 2.23. The fourth-order valence-corrected chi connectivity index (χ4v) is 2.45. The number of hydrogen-bond donors (Lipinski definition) is 0. The van der Waals surface area contributed by atoms with Crippen molar-refractivity contribution in [2.75, 3.05) is 19.7 Å². The molecule has 16 heavy (non-hydrogen) atoms. The van der Waals surface area contributed by atoms with Gasteiger partial charge >= 0.3 is 0 Å². The Labute approximate surface area is 97.5 Å². The van der Waals surface area contributed by atoms with Crippen LogP contribution in [-0.4, -0.2) is 36.1 Å². The molecule has 0 aromatic rings. The second kappa shape index (κ2) is 4.58. The number of morpholine rings is 1. The molecule has 3 nitrogen and oxygen atoms in total. The maximum absolute atomic E-state index is 12.1. The summed E-state index contributed by atoms with van der Waals surface area (Å²) in [6.45, 7) is 6.23. The molecule has 0 radical (unpaired) electrons. The molecule has 2 rings (SSSR count). The topological polar surface area (TPSA) is 29.5 Å². The van der Waals surface area contributed by atoms with Crippen LogP contribution in [0.2, 0.25) is 0 Å². The monoisotopic (exact) mass is 223 g/mol. The molecule has 1 aliphatic heterocycles. The Morgan fingerprint density at radius 2 is 2.38 bits per heavy atom. The van der Waals surface area contributed by atoms with Crippen molar-refractivity contribution in [1.29, 1.82) is 0 Å². The Morgan fingerprint density at radius 3 is 3.00 bits per heavy atom. The first-order valence-electron chi connectivity index (χ1n) is 6.15. The van der Waals surface area contributed by atoms with Crippen molar-refractivity contribution in [3.63, 3.8) is 0 Å². The Kier molecular flexibility index (Phi) is 3.33. The van der Waals surface area contributed by atoms with Crippen LogP contribution >= 0.6 is 0 Å². The fourth-order valence-electron chi connectivity index (χ4n) is 2.45. The lowest BCUT2D eigenvalue weighted by Gasteiger charge is -2.38. The van der Waals surface area contributed by atoms with Crippen LogP contribution in [0.15, 0.2) is 12.2 Å². The Hall–Kier alpha value is -0.830. The summed E-state index contributed by atoms with van der Waals surface area (Å²) in [5, 5.41) is 0. The summed E-state index contributed by atoms with van der Waals surface area (Å²) >= 11 is 0. The van der Waals surface area contributed by atoms with Gasteiger partial charge < -0.3 is 9.64 Å². The summed E-state index contributed by atoms with van der Waals surface area (Å²) in [7, 11) is 0. The minimum atomic E-state index is -0.181. The second-order valence-electron chi connectivity index (χ2n) is 5.39. The van der Waals surface area contributed by atoms with E-state index in [1.807, 2.05) is 18.7 Å². The lowest BCUT2D eigenvalue weighted by molar-refractivity contribution is -0.146. The number of allylic oxidation sites excluding steroid dienone is 2. The van der Waals surface area contributed by atoms with Crippen LogP contribution in [0.5, 0.6) is 0 Å². The Balaban J connectivity index is 1.86. The van der Waals surface area contributed by atoms with Gasteiger partial charge in [-0.05, 0) is 32.6 Å². The van der Waals surface area contributed by atoms with Crippen molar-refractivity contribution >= 4 is 5.91 Å². The molecule has 90 valence electrons. The minimum absolute atomic E-state index is 0.181. The van der Waals surface area contributed by atoms with Gasteiger partial charge in [-0.15, -0.1) is 0 Å². The zero-order valence-electron chi connectivity index (χ0n) is 10.2. The summed E-state index contributed by atoms with van der Waals surface area (Å²) in [6.07, 6.45) is 7.31. The van der Waals surface area contributed by atoms with Gasteiger partial charge in [0.1, 0.15) is 0 Å².